The monoisotopic (exact) mass is 475 g/mol. The van der Waals surface area contributed by atoms with Crippen molar-refractivity contribution in [2.45, 2.75) is 64.2 Å². The van der Waals surface area contributed by atoms with Crippen molar-refractivity contribution in [3.05, 3.63) is 35.0 Å². The summed E-state index contributed by atoms with van der Waals surface area (Å²) in [6.07, 6.45) is 9.01. The van der Waals surface area contributed by atoms with Gasteiger partial charge in [0.15, 0.2) is 0 Å². The first-order chi connectivity index (χ1) is 17.2. The average molecular weight is 476 g/mol. The van der Waals surface area contributed by atoms with Gasteiger partial charge in [0.25, 0.3) is 0 Å². The number of aromatic nitrogens is 3. The molecule has 2 aliphatic heterocycles. The highest BCUT2D eigenvalue weighted by atomic mass is 16.5. The van der Waals surface area contributed by atoms with Crippen LogP contribution in [0.3, 0.4) is 0 Å². The quantitative estimate of drug-likeness (QED) is 0.525. The summed E-state index contributed by atoms with van der Waals surface area (Å²) in [6, 6.07) is 4.63. The summed E-state index contributed by atoms with van der Waals surface area (Å²) in [5.41, 5.74) is 7.92. The highest BCUT2D eigenvalue weighted by molar-refractivity contribution is 6.11. The summed E-state index contributed by atoms with van der Waals surface area (Å²) >= 11 is 0. The number of ether oxygens (including phenoxy) is 1. The van der Waals surface area contributed by atoms with Gasteiger partial charge >= 0.3 is 0 Å². The Morgan fingerprint density at radius 2 is 1.89 bits per heavy atom. The van der Waals surface area contributed by atoms with Gasteiger partial charge < -0.3 is 14.6 Å². The predicted molar refractivity (Wildman–Crippen MR) is 139 cm³/mol. The fourth-order valence-electron chi connectivity index (χ4n) is 6.76. The fraction of sp³-hybridized carbons (Fsp3) is 0.571. The molecule has 2 aromatic heterocycles. The smallest absolute Gasteiger partial charge is 0.237 e. The summed E-state index contributed by atoms with van der Waals surface area (Å²) in [5, 5.41) is 8.91. The predicted octanol–water partition coefficient (Wildman–Crippen LogP) is 4.56. The van der Waals surface area contributed by atoms with Crippen LogP contribution < -0.4 is 4.90 Å². The van der Waals surface area contributed by atoms with Crippen molar-refractivity contribution < 1.29 is 9.53 Å². The first-order valence-electron chi connectivity index (χ1n) is 13.5. The van der Waals surface area contributed by atoms with Gasteiger partial charge in [-0.1, -0.05) is 26.7 Å². The Hall–Kier alpha value is -2.64. The van der Waals surface area contributed by atoms with Crippen LogP contribution in [0.2, 0.25) is 0 Å². The van der Waals surface area contributed by atoms with Crippen LogP contribution in [0.5, 0.6) is 0 Å². The number of carbonyl (C=O) groups is 1. The van der Waals surface area contributed by atoms with E-state index in [0.29, 0.717) is 5.91 Å². The molecule has 0 bridgehead atoms. The van der Waals surface area contributed by atoms with Crippen molar-refractivity contribution in [3.63, 3.8) is 0 Å². The number of benzene rings is 1. The van der Waals surface area contributed by atoms with Gasteiger partial charge in [0.2, 0.25) is 5.91 Å². The topological polar surface area (TPSA) is 77.2 Å². The van der Waals surface area contributed by atoms with Crippen molar-refractivity contribution in [2.24, 2.45) is 0 Å². The normalized spacial score (nSPS) is 19.6. The minimum Gasteiger partial charge on any atom is -0.379 e. The number of anilines is 1. The minimum absolute atomic E-state index is 0.304. The number of hydrogen-bond acceptors (Lipinski definition) is 4. The molecule has 1 fully saturated rings. The Kier molecular flexibility index (Phi) is 5.93. The first-order valence-corrected chi connectivity index (χ1v) is 13.5. The van der Waals surface area contributed by atoms with Gasteiger partial charge in [-0.25, -0.2) is 0 Å². The van der Waals surface area contributed by atoms with E-state index < -0.39 is 5.41 Å². The molecular formula is C28H37N5O2. The van der Waals surface area contributed by atoms with Gasteiger partial charge in [0.1, 0.15) is 5.69 Å². The van der Waals surface area contributed by atoms with Crippen LogP contribution in [0.1, 0.15) is 62.6 Å². The molecule has 35 heavy (non-hydrogen) atoms. The number of carbonyl (C=O) groups excluding carboxylic acids is 1. The highest BCUT2D eigenvalue weighted by Gasteiger charge is 2.49. The zero-order chi connectivity index (χ0) is 24.0. The van der Waals surface area contributed by atoms with Crippen molar-refractivity contribution in [1.82, 2.24) is 20.1 Å². The van der Waals surface area contributed by atoms with Crippen LogP contribution in [-0.2, 0) is 27.8 Å². The lowest BCUT2D eigenvalue weighted by molar-refractivity contribution is -0.123. The van der Waals surface area contributed by atoms with Crippen LogP contribution in [0.15, 0.2) is 18.3 Å². The molecule has 0 saturated carbocycles. The van der Waals surface area contributed by atoms with Gasteiger partial charge in [-0.15, -0.1) is 0 Å². The van der Waals surface area contributed by atoms with Crippen molar-refractivity contribution in [2.75, 3.05) is 44.3 Å². The largest absolute Gasteiger partial charge is 0.379 e. The van der Waals surface area contributed by atoms with Crippen LogP contribution in [0.25, 0.3) is 22.3 Å². The second-order valence-electron chi connectivity index (χ2n) is 10.5. The number of rotatable bonds is 7. The van der Waals surface area contributed by atoms with Crippen LogP contribution in [-0.4, -0.2) is 65.4 Å². The van der Waals surface area contributed by atoms with E-state index in [-0.39, 0.29) is 0 Å². The molecule has 3 aliphatic rings. The molecule has 1 aromatic carbocycles. The minimum atomic E-state index is -0.419. The Labute approximate surface area is 207 Å². The second kappa shape index (κ2) is 9.10. The van der Waals surface area contributed by atoms with Gasteiger partial charge in [-0.05, 0) is 60.9 Å². The van der Waals surface area contributed by atoms with E-state index in [9.17, 15) is 4.79 Å². The van der Waals surface area contributed by atoms with Gasteiger partial charge in [-0.2, -0.15) is 5.10 Å². The molecule has 186 valence electrons. The summed E-state index contributed by atoms with van der Waals surface area (Å²) in [4.78, 5) is 22.4. The van der Waals surface area contributed by atoms with Crippen LogP contribution >= 0.6 is 0 Å². The Balaban J connectivity index is 1.47. The van der Waals surface area contributed by atoms with Gasteiger partial charge in [0, 0.05) is 49.0 Å². The van der Waals surface area contributed by atoms with Crippen LogP contribution in [0, 0.1) is 0 Å². The molecule has 0 radical (unpaired) electrons. The first kappa shape index (κ1) is 22.8. The SMILES string of the molecule is CCCC1(CCC)C(=O)N(CCN2CCOCC2)c2cc3c4c([nH]c3cc21)-c1n[nH]cc1CCC4. The summed E-state index contributed by atoms with van der Waals surface area (Å²) in [5.74, 6) is 0.304. The lowest BCUT2D eigenvalue weighted by Gasteiger charge is -2.30. The summed E-state index contributed by atoms with van der Waals surface area (Å²) in [6.45, 7) is 9.49. The van der Waals surface area contributed by atoms with E-state index >= 15 is 0 Å². The number of fused-ring (bicyclic) bond motifs is 6. The molecule has 2 N–H and O–H groups in total. The van der Waals surface area contributed by atoms with Crippen molar-refractivity contribution in [3.8, 4) is 11.4 Å². The lowest BCUT2D eigenvalue weighted by atomic mass is 9.74. The average Bonchev–Trinajstić information content (AvgIpc) is 3.50. The molecule has 1 saturated heterocycles. The number of nitrogens with one attached hydrogen (secondary N) is 2. The third-order valence-electron chi connectivity index (χ3n) is 8.41. The van der Waals surface area contributed by atoms with Crippen molar-refractivity contribution >= 4 is 22.5 Å². The maximum atomic E-state index is 14.2. The number of H-pyrrole nitrogens is 2. The molecular weight excluding hydrogens is 438 g/mol. The number of morpholine rings is 1. The second-order valence-corrected chi connectivity index (χ2v) is 10.5. The van der Waals surface area contributed by atoms with E-state index in [4.69, 9.17) is 4.74 Å². The number of aromatic amines is 2. The fourth-order valence-corrected chi connectivity index (χ4v) is 6.76. The third-order valence-corrected chi connectivity index (χ3v) is 8.41. The lowest BCUT2D eigenvalue weighted by Crippen LogP contribution is -2.45. The van der Waals surface area contributed by atoms with Crippen molar-refractivity contribution in [1.29, 1.82) is 0 Å². The molecule has 0 atom stereocenters. The van der Waals surface area contributed by atoms with Gasteiger partial charge in [-0.3, -0.25) is 14.8 Å². The van der Waals surface area contributed by atoms with E-state index in [0.717, 1.165) is 107 Å². The number of amides is 1. The Bertz CT molecular complexity index is 1230. The standard InChI is InChI=1S/C28H37N5O2/c1-3-8-28(9-4-2)22-17-23-21(20-7-5-6-19-18-29-31-25(19)26(20)30-23)16-24(22)33(27(28)34)11-10-32-12-14-35-15-13-32/h16-18,30H,3-15H2,1-2H3,(H,29,31). The van der Waals surface area contributed by atoms with Crippen LogP contribution in [0.4, 0.5) is 5.69 Å². The highest BCUT2D eigenvalue weighted by Crippen LogP contribution is 2.50. The van der Waals surface area contributed by atoms with E-state index in [1.54, 1.807) is 0 Å². The molecule has 6 rings (SSSR count). The van der Waals surface area contributed by atoms with Gasteiger partial charge in [0.05, 0.1) is 24.3 Å². The molecule has 0 unspecified atom stereocenters. The van der Waals surface area contributed by atoms with E-state index in [1.807, 2.05) is 6.20 Å². The number of nitrogens with zero attached hydrogens (tertiary/aromatic N) is 3. The zero-order valence-corrected chi connectivity index (χ0v) is 21.1. The molecule has 1 amide bonds. The summed E-state index contributed by atoms with van der Waals surface area (Å²) in [7, 11) is 0. The number of hydrogen-bond donors (Lipinski definition) is 2. The molecule has 4 heterocycles. The Morgan fingerprint density at radius 1 is 1.09 bits per heavy atom. The van der Waals surface area contributed by atoms with E-state index in [1.165, 1.54) is 22.1 Å². The van der Waals surface area contributed by atoms with E-state index in [2.05, 4.69) is 51.0 Å². The Morgan fingerprint density at radius 3 is 2.66 bits per heavy atom. The molecule has 0 spiro atoms. The number of aryl methyl sites for hydroxylation is 2. The molecule has 7 heteroatoms. The molecule has 1 aliphatic carbocycles. The maximum Gasteiger partial charge on any atom is 0.237 e. The maximum absolute atomic E-state index is 14.2. The summed E-state index contributed by atoms with van der Waals surface area (Å²) < 4.78 is 5.53. The zero-order valence-electron chi connectivity index (χ0n) is 21.1. The molecule has 7 nitrogen and oxygen atoms in total. The third kappa shape index (κ3) is 3.62. The molecule has 3 aromatic rings.